The van der Waals surface area contributed by atoms with Crippen molar-refractivity contribution >= 4 is 46.7 Å². The maximum absolute atomic E-state index is 12.5. The molecule has 0 spiro atoms. The van der Waals surface area contributed by atoms with Crippen molar-refractivity contribution in [2.45, 2.75) is 19.9 Å². The van der Waals surface area contributed by atoms with Crippen molar-refractivity contribution in [3.05, 3.63) is 68.4 Å². The molecule has 0 saturated carbocycles. The van der Waals surface area contributed by atoms with Crippen molar-refractivity contribution < 1.29 is 28.6 Å². The van der Waals surface area contributed by atoms with Crippen LogP contribution in [-0.4, -0.2) is 44.4 Å². The normalized spacial score (nSPS) is 15.3. The molecular formula is C24H25IN4O6. The Kier molecular flexibility index (Phi) is 9.06. The van der Waals surface area contributed by atoms with Gasteiger partial charge in [-0.3, -0.25) is 4.79 Å². The van der Waals surface area contributed by atoms with E-state index in [1.165, 1.54) is 7.11 Å². The number of hydrogen-bond donors (Lipinski definition) is 3. The lowest BCUT2D eigenvalue weighted by atomic mass is 9.95. The fraction of sp³-hybridized carbons (Fsp3) is 0.250. The number of carbonyl (C=O) groups is 3. The highest BCUT2D eigenvalue weighted by atomic mass is 127. The van der Waals surface area contributed by atoms with Crippen LogP contribution in [0.4, 0.5) is 4.79 Å². The summed E-state index contributed by atoms with van der Waals surface area (Å²) in [5.74, 6) is -0.353. The van der Waals surface area contributed by atoms with Gasteiger partial charge in [-0.15, -0.1) is 0 Å². The van der Waals surface area contributed by atoms with Crippen molar-refractivity contribution in [2.24, 2.45) is 5.10 Å². The molecule has 1 aliphatic rings. The molecule has 0 aliphatic carbocycles. The van der Waals surface area contributed by atoms with Gasteiger partial charge in [0.05, 0.1) is 31.5 Å². The van der Waals surface area contributed by atoms with E-state index in [4.69, 9.17) is 14.2 Å². The van der Waals surface area contributed by atoms with Gasteiger partial charge in [-0.05, 0) is 71.8 Å². The number of nitrogens with zero attached hydrogens (tertiary/aromatic N) is 1. The van der Waals surface area contributed by atoms with Crippen LogP contribution in [0.3, 0.4) is 0 Å². The lowest BCUT2D eigenvalue weighted by molar-refractivity contribution is -0.139. The molecule has 0 unspecified atom stereocenters. The van der Waals surface area contributed by atoms with E-state index in [-0.39, 0.29) is 18.8 Å². The first-order valence-corrected chi connectivity index (χ1v) is 11.7. The van der Waals surface area contributed by atoms with Gasteiger partial charge in [-0.25, -0.2) is 15.0 Å². The van der Waals surface area contributed by atoms with E-state index < -0.39 is 23.9 Å². The van der Waals surface area contributed by atoms with Crippen LogP contribution in [0.15, 0.2) is 58.8 Å². The number of benzene rings is 2. The molecule has 3 amide bonds. The number of nitrogens with one attached hydrogen (secondary N) is 3. The monoisotopic (exact) mass is 592 g/mol. The molecular weight excluding hydrogens is 567 g/mol. The lowest BCUT2D eigenvalue weighted by Crippen LogP contribution is -2.45. The van der Waals surface area contributed by atoms with Crippen LogP contribution >= 0.6 is 22.6 Å². The number of methoxy groups -OCH3 is 1. The van der Waals surface area contributed by atoms with E-state index >= 15 is 0 Å². The molecule has 0 saturated heterocycles. The van der Waals surface area contributed by atoms with Crippen LogP contribution < -0.4 is 25.5 Å². The minimum Gasteiger partial charge on any atom is -0.493 e. The van der Waals surface area contributed by atoms with Crippen molar-refractivity contribution in [2.75, 3.05) is 20.3 Å². The summed E-state index contributed by atoms with van der Waals surface area (Å²) in [6, 6.07) is 11.4. The molecule has 3 rings (SSSR count). The average Bonchev–Trinajstić information content (AvgIpc) is 2.82. The van der Waals surface area contributed by atoms with E-state index in [1.54, 1.807) is 38.3 Å². The molecule has 0 radical (unpaired) electrons. The van der Waals surface area contributed by atoms with Gasteiger partial charge in [-0.1, -0.05) is 18.2 Å². The molecule has 0 fully saturated rings. The Bertz CT molecular complexity index is 1180. The minimum atomic E-state index is -0.746. The van der Waals surface area contributed by atoms with Crippen molar-refractivity contribution in [1.29, 1.82) is 0 Å². The van der Waals surface area contributed by atoms with Gasteiger partial charge in [0, 0.05) is 9.27 Å². The number of hydrogen-bond acceptors (Lipinski definition) is 7. The fourth-order valence-corrected chi connectivity index (χ4v) is 3.91. The van der Waals surface area contributed by atoms with Crippen LogP contribution in [0.5, 0.6) is 11.5 Å². The third kappa shape index (κ3) is 6.94. The largest absolute Gasteiger partial charge is 0.493 e. The van der Waals surface area contributed by atoms with Gasteiger partial charge < -0.3 is 24.8 Å². The number of esters is 1. The Morgan fingerprint density at radius 2 is 2.00 bits per heavy atom. The summed E-state index contributed by atoms with van der Waals surface area (Å²) < 4.78 is 17.2. The SMILES string of the molecule is CCOC(=O)C1=C(C)NC(=O)N[C@@H]1c1ccc(OCC(=O)N/N=C\c2cccc(I)c2)c(OC)c1. The molecule has 1 aliphatic heterocycles. The van der Waals surface area contributed by atoms with Crippen LogP contribution in [0.1, 0.15) is 31.0 Å². The number of halogens is 1. The standard InChI is InChI=1S/C24H25IN4O6/c1-4-34-23(31)21-14(2)27-24(32)28-22(21)16-8-9-18(19(11-16)33-3)35-13-20(30)29-26-12-15-6-5-7-17(25)10-15/h5-12,22H,4,13H2,1-3H3,(H,29,30)(H2,27,28,32)/b26-12-/t22-/m1/s1. The minimum absolute atomic E-state index is 0.198. The summed E-state index contributed by atoms with van der Waals surface area (Å²) in [6.07, 6.45) is 1.54. The quantitative estimate of drug-likeness (QED) is 0.178. The molecule has 3 N–H and O–H groups in total. The summed E-state index contributed by atoms with van der Waals surface area (Å²) in [5.41, 5.74) is 4.53. The van der Waals surface area contributed by atoms with Crippen LogP contribution in [0.25, 0.3) is 0 Å². The van der Waals surface area contributed by atoms with Gasteiger partial charge in [0.2, 0.25) is 0 Å². The van der Waals surface area contributed by atoms with E-state index in [2.05, 4.69) is 43.8 Å². The summed E-state index contributed by atoms with van der Waals surface area (Å²) >= 11 is 2.19. The molecule has 10 nitrogen and oxygen atoms in total. The lowest BCUT2D eigenvalue weighted by Gasteiger charge is -2.28. The Morgan fingerprint density at radius 3 is 2.71 bits per heavy atom. The van der Waals surface area contributed by atoms with E-state index in [0.717, 1.165) is 9.13 Å². The molecule has 11 heteroatoms. The van der Waals surface area contributed by atoms with Gasteiger partial charge in [-0.2, -0.15) is 5.10 Å². The number of urea groups is 1. The predicted molar refractivity (Wildman–Crippen MR) is 137 cm³/mol. The molecule has 1 heterocycles. The summed E-state index contributed by atoms with van der Waals surface area (Å²) in [7, 11) is 1.45. The Hall–Kier alpha value is -3.61. The van der Waals surface area contributed by atoms with Crippen molar-refractivity contribution in [3.63, 3.8) is 0 Å². The first kappa shape index (κ1) is 26.0. The molecule has 2 aromatic carbocycles. The van der Waals surface area contributed by atoms with Gasteiger partial charge in [0.1, 0.15) is 0 Å². The second kappa shape index (κ2) is 12.2. The fourth-order valence-electron chi connectivity index (χ4n) is 3.35. The summed E-state index contributed by atoms with van der Waals surface area (Å²) in [4.78, 5) is 36.7. The second-order valence-electron chi connectivity index (χ2n) is 7.34. The molecule has 184 valence electrons. The van der Waals surface area contributed by atoms with Gasteiger partial charge >= 0.3 is 12.0 Å². The smallest absolute Gasteiger partial charge is 0.338 e. The zero-order valence-electron chi connectivity index (χ0n) is 19.4. The molecule has 1 atom stereocenters. The first-order valence-electron chi connectivity index (χ1n) is 10.7. The van der Waals surface area contributed by atoms with Gasteiger partial charge in [0.25, 0.3) is 5.91 Å². The topological polar surface area (TPSA) is 127 Å². The number of allylic oxidation sites excluding steroid dienone is 1. The average molecular weight is 592 g/mol. The second-order valence-corrected chi connectivity index (χ2v) is 8.58. The highest BCUT2D eigenvalue weighted by molar-refractivity contribution is 14.1. The highest BCUT2D eigenvalue weighted by Gasteiger charge is 2.32. The van der Waals surface area contributed by atoms with Crippen LogP contribution in [0, 0.1) is 3.57 Å². The molecule has 0 bridgehead atoms. The number of rotatable bonds is 9. The van der Waals surface area contributed by atoms with E-state index in [1.807, 2.05) is 24.3 Å². The van der Waals surface area contributed by atoms with Crippen molar-refractivity contribution in [3.8, 4) is 11.5 Å². The maximum Gasteiger partial charge on any atom is 0.338 e. The number of ether oxygens (including phenoxy) is 3. The molecule has 2 aromatic rings. The Morgan fingerprint density at radius 1 is 1.20 bits per heavy atom. The number of hydrazone groups is 1. The van der Waals surface area contributed by atoms with Crippen LogP contribution in [0.2, 0.25) is 0 Å². The van der Waals surface area contributed by atoms with Gasteiger partial charge in [0.15, 0.2) is 18.1 Å². The van der Waals surface area contributed by atoms with E-state index in [9.17, 15) is 14.4 Å². The zero-order valence-corrected chi connectivity index (χ0v) is 21.5. The highest BCUT2D eigenvalue weighted by Crippen LogP contribution is 2.34. The van der Waals surface area contributed by atoms with E-state index in [0.29, 0.717) is 22.8 Å². The molecule has 35 heavy (non-hydrogen) atoms. The number of amides is 3. The third-order valence-electron chi connectivity index (χ3n) is 4.90. The number of carbonyl (C=O) groups excluding carboxylic acids is 3. The maximum atomic E-state index is 12.5. The first-order chi connectivity index (χ1) is 16.8. The third-order valence-corrected chi connectivity index (χ3v) is 5.57. The zero-order chi connectivity index (χ0) is 25.4. The summed E-state index contributed by atoms with van der Waals surface area (Å²) in [6.45, 7) is 3.24. The van der Waals surface area contributed by atoms with Crippen LogP contribution in [-0.2, 0) is 14.3 Å². The Balaban J connectivity index is 1.69. The molecule has 0 aromatic heterocycles. The Labute approximate surface area is 216 Å². The van der Waals surface area contributed by atoms with Crippen molar-refractivity contribution in [1.82, 2.24) is 16.1 Å². The summed E-state index contributed by atoms with van der Waals surface area (Å²) in [5, 5.41) is 9.25. The predicted octanol–water partition coefficient (Wildman–Crippen LogP) is 3.02.